The van der Waals surface area contributed by atoms with Gasteiger partial charge in [-0.2, -0.15) is 5.26 Å². The van der Waals surface area contributed by atoms with E-state index in [9.17, 15) is 4.79 Å². The SMILES string of the molecule is CCN(CC#N)C(=O)C1CCC1. The first-order valence-corrected chi connectivity index (χ1v) is 4.45. The van der Waals surface area contributed by atoms with Crippen LogP contribution in [0.15, 0.2) is 0 Å². The predicted molar refractivity (Wildman–Crippen MR) is 45.2 cm³/mol. The summed E-state index contributed by atoms with van der Waals surface area (Å²) in [7, 11) is 0. The van der Waals surface area contributed by atoms with E-state index in [1.54, 1.807) is 4.90 Å². The Labute approximate surface area is 73.0 Å². The molecule has 0 heterocycles. The molecule has 0 aromatic rings. The number of nitriles is 1. The summed E-state index contributed by atoms with van der Waals surface area (Å²) in [6.07, 6.45) is 3.20. The van der Waals surface area contributed by atoms with Gasteiger partial charge in [0.2, 0.25) is 5.91 Å². The van der Waals surface area contributed by atoms with Gasteiger partial charge < -0.3 is 4.90 Å². The highest BCUT2D eigenvalue weighted by Gasteiger charge is 2.28. The summed E-state index contributed by atoms with van der Waals surface area (Å²) >= 11 is 0. The lowest BCUT2D eigenvalue weighted by atomic mass is 9.84. The third-order valence-corrected chi connectivity index (χ3v) is 2.41. The van der Waals surface area contributed by atoms with Crippen molar-refractivity contribution in [1.29, 1.82) is 5.26 Å². The average molecular weight is 166 g/mol. The fraction of sp³-hybridized carbons (Fsp3) is 0.778. The number of amides is 1. The van der Waals surface area contributed by atoms with E-state index in [-0.39, 0.29) is 18.4 Å². The zero-order chi connectivity index (χ0) is 8.97. The molecule has 3 nitrogen and oxygen atoms in total. The van der Waals surface area contributed by atoms with Crippen LogP contribution in [0.2, 0.25) is 0 Å². The van der Waals surface area contributed by atoms with Crippen molar-refractivity contribution in [1.82, 2.24) is 4.90 Å². The van der Waals surface area contributed by atoms with Gasteiger partial charge in [-0.25, -0.2) is 0 Å². The Morgan fingerprint density at radius 2 is 2.33 bits per heavy atom. The molecule has 0 aromatic carbocycles. The van der Waals surface area contributed by atoms with Gasteiger partial charge in [0, 0.05) is 12.5 Å². The highest BCUT2D eigenvalue weighted by atomic mass is 16.2. The third kappa shape index (κ3) is 1.76. The van der Waals surface area contributed by atoms with Gasteiger partial charge in [0.25, 0.3) is 0 Å². The molecule has 1 rings (SSSR count). The van der Waals surface area contributed by atoms with Gasteiger partial charge in [0.05, 0.1) is 6.07 Å². The molecule has 66 valence electrons. The van der Waals surface area contributed by atoms with Gasteiger partial charge in [0.1, 0.15) is 6.54 Å². The molecule has 12 heavy (non-hydrogen) atoms. The summed E-state index contributed by atoms with van der Waals surface area (Å²) in [6, 6.07) is 2.01. The number of nitrogens with zero attached hydrogens (tertiary/aromatic N) is 2. The second-order valence-corrected chi connectivity index (χ2v) is 3.14. The van der Waals surface area contributed by atoms with E-state index < -0.39 is 0 Å². The number of hydrogen-bond acceptors (Lipinski definition) is 2. The van der Waals surface area contributed by atoms with Crippen LogP contribution < -0.4 is 0 Å². The second-order valence-electron chi connectivity index (χ2n) is 3.14. The average Bonchev–Trinajstić information content (AvgIpc) is 1.96. The molecule has 0 saturated heterocycles. The van der Waals surface area contributed by atoms with Gasteiger partial charge in [-0.1, -0.05) is 6.42 Å². The molecule has 1 aliphatic rings. The van der Waals surface area contributed by atoms with Gasteiger partial charge in [0.15, 0.2) is 0 Å². The Hall–Kier alpha value is -1.04. The summed E-state index contributed by atoms with van der Waals surface area (Å²) in [4.78, 5) is 13.2. The number of hydrogen-bond donors (Lipinski definition) is 0. The molecule has 0 bridgehead atoms. The van der Waals surface area contributed by atoms with Gasteiger partial charge in [-0.05, 0) is 19.8 Å². The van der Waals surface area contributed by atoms with Gasteiger partial charge in [-0.15, -0.1) is 0 Å². The minimum absolute atomic E-state index is 0.172. The Morgan fingerprint density at radius 1 is 1.67 bits per heavy atom. The molecule has 0 aromatic heterocycles. The molecule has 0 spiro atoms. The van der Waals surface area contributed by atoms with E-state index in [1.165, 1.54) is 6.42 Å². The van der Waals surface area contributed by atoms with Gasteiger partial charge in [-0.3, -0.25) is 4.79 Å². The minimum atomic E-state index is 0.172. The third-order valence-electron chi connectivity index (χ3n) is 2.41. The van der Waals surface area contributed by atoms with Crippen molar-refractivity contribution in [2.75, 3.05) is 13.1 Å². The summed E-state index contributed by atoms with van der Waals surface area (Å²) in [5.41, 5.74) is 0. The van der Waals surface area contributed by atoms with E-state index in [0.29, 0.717) is 6.54 Å². The van der Waals surface area contributed by atoms with Crippen LogP contribution in [-0.2, 0) is 4.79 Å². The second kappa shape index (κ2) is 4.10. The Morgan fingerprint density at radius 3 is 2.67 bits per heavy atom. The summed E-state index contributed by atoms with van der Waals surface area (Å²) in [5, 5.41) is 8.45. The summed E-state index contributed by atoms with van der Waals surface area (Å²) in [6.45, 7) is 2.81. The maximum atomic E-state index is 11.5. The topological polar surface area (TPSA) is 44.1 Å². The standard InChI is InChI=1S/C9H14N2O/c1-2-11(7-6-10)9(12)8-4-3-5-8/h8H,2-5,7H2,1H3. The molecule has 1 aliphatic carbocycles. The molecule has 3 heteroatoms. The number of rotatable bonds is 3. The first-order chi connectivity index (χ1) is 5.79. The largest absolute Gasteiger partial charge is 0.329 e. The van der Waals surface area contributed by atoms with Crippen molar-refractivity contribution < 1.29 is 4.79 Å². The number of carbonyl (C=O) groups is 1. The van der Waals surface area contributed by atoms with Gasteiger partial charge >= 0.3 is 0 Å². The van der Waals surface area contributed by atoms with Crippen molar-refractivity contribution in [3.8, 4) is 6.07 Å². The quantitative estimate of drug-likeness (QED) is 0.590. The van der Waals surface area contributed by atoms with Crippen LogP contribution in [0.4, 0.5) is 0 Å². The molecule has 1 saturated carbocycles. The van der Waals surface area contributed by atoms with E-state index in [4.69, 9.17) is 5.26 Å². The Bertz CT molecular complexity index is 203. The van der Waals surface area contributed by atoms with Crippen molar-refractivity contribution in [2.24, 2.45) is 5.92 Å². The van der Waals surface area contributed by atoms with Crippen LogP contribution in [0.3, 0.4) is 0 Å². The molecule has 0 N–H and O–H groups in total. The molecule has 1 fully saturated rings. The van der Waals surface area contributed by atoms with E-state index in [1.807, 2.05) is 13.0 Å². The smallest absolute Gasteiger partial charge is 0.226 e. The van der Waals surface area contributed by atoms with E-state index in [2.05, 4.69) is 0 Å². The van der Waals surface area contributed by atoms with Crippen LogP contribution in [0.25, 0.3) is 0 Å². The fourth-order valence-corrected chi connectivity index (χ4v) is 1.34. The lowest BCUT2D eigenvalue weighted by Crippen LogP contribution is -2.38. The first kappa shape index (κ1) is 9.05. The Balaban J connectivity index is 2.42. The van der Waals surface area contributed by atoms with E-state index in [0.717, 1.165) is 12.8 Å². The highest BCUT2D eigenvalue weighted by Crippen LogP contribution is 2.27. The molecule has 0 aliphatic heterocycles. The maximum absolute atomic E-state index is 11.5. The molecular formula is C9H14N2O. The van der Waals surface area contributed by atoms with Crippen LogP contribution in [-0.4, -0.2) is 23.9 Å². The molecule has 0 unspecified atom stereocenters. The van der Waals surface area contributed by atoms with Crippen LogP contribution in [0.5, 0.6) is 0 Å². The molecule has 0 radical (unpaired) electrons. The van der Waals surface area contributed by atoms with Crippen molar-refractivity contribution in [2.45, 2.75) is 26.2 Å². The lowest BCUT2D eigenvalue weighted by Gasteiger charge is -2.29. The number of carbonyl (C=O) groups excluding carboxylic acids is 1. The molecule has 0 atom stereocenters. The van der Waals surface area contributed by atoms with Crippen molar-refractivity contribution >= 4 is 5.91 Å². The monoisotopic (exact) mass is 166 g/mol. The molecule has 1 amide bonds. The summed E-state index contributed by atoms with van der Waals surface area (Å²) < 4.78 is 0. The fourth-order valence-electron chi connectivity index (χ4n) is 1.34. The summed E-state index contributed by atoms with van der Waals surface area (Å²) in [5.74, 6) is 0.392. The zero-order valence-electron chi connectivity index (χ0n) is 7.42. The minimum Gasteiger partial charge on any atom is -0.329 e. The van der Waals surface area contributed by atoms with Crippen molar-refractivity contribution in [3.63, 3.8) is 0 Å². The zero-order valence-corrected chi connectivity index (χ0v) is 7.42. The highest BCUT2D eigenvalue weighted by molar-refractivity contribution is 5.79. The van der Waals surface area contributed by atoms with Crippen molar-refractivity contribution in [3.05, 3.63) is 0 Å². The maximum Gasteiger partial charge on any atom is 0.226 e. The lowest BCUT2D eigenvalue weighted by molar-refractivity contribution is -0.137. The normalized spacial score (nSPS) is 16.3. The Kier molecular flexibility index (Phi) is 3.09. The predicted octanol–water partition coefficient (Wildman–Crippen LogP) is 1.16. The van der Waals surface area contributed by atoms with Crippen LogP contribution in [0, 0.1) is 17.2 Å². The molecular weight excluding hydrogens is 152 g/mol. The van der Waals surface area contributed by atoms with E-state index >= 15 is 0 Å². The van der Waals surface area contributed by atoms with Crippen LogP contribution in [0.1, 0.15) is 26.2 Å². The first-order valence-electron chi connectivity index (χ1n) is 4.45. The van der Waals surface area contributed by atoms with Crippen LogP contribution >= 0.6 is 0 Å².